The molecule has 9 heteroatoms. The Bertz CT molecular complexity index is 1590. The molecule has 0 aromatic heterocycles. The Labute approximate surface area is 234 Å². The molecule has 1 atom stereocenters. The largest absolute Gasteiger partial charge is 0.343 e. The van der Waals surface area contributed by atoms with Crippen molar-refractivity contribution in [2.24, 2.45) is 5.92 Å². The van der Waals surface area contributed by atoms with E-state index in [9.17, 15) is 22.4 Å². The molecule has 1 aliphatic carbocycles. The Morgan fingerprint density at radius 1 is 0.975 bits per heavy atom. The maximum atomic E-state index is 14.2. The van der Waals surface area contributed by atoms with Crippen LogP contribution in [0.1, 0.15) is 54.1 Å². The average molecular weight is 562 g/mol. The Morgan fingerprint density at radius 3 is 2.30 bits per heavy atom. The highest BCUT2D eigenvalue weighted by Gasteiger charge is 2.60. The van der Waals surface area contributed by atoms with Crippen molar-refractivity contribution in [3.05, 3.63) is 89.2 Å². The number of halogens is 1. The van der Waals surface area contributed by atoms with Crippen molar-refractivity contribution in [2.75, 3.05) is 22.7 Å². The number of nitrogens with one attached hydrogen (secondary N) is 1. The lowest BCUT2D eigenvalue weighted by Crippen LogP contribution is -2.54. The van der Waals surface area contributed by atoms with E-state index in [1.54, 1.807) is 28.3 Å². The van der Waals surface area contributed by atoms with Crippen LogP contribution < -0.4 is 9.62 Å². The van der Waals surface area contributed by atoms with Gasteiger partial charge in [-0.15, -0.1) is 0 Å². The monoisotopic (exact) mass is 561 g/mol. The number of aryl methyl sites for hydroxylation is 1. The van der Waals surface area contributed by atoms with Crippen LogP contribution in [0, 0.1) is 18.7 Å². The van der Waals surface area contributed by atoms with Gasteiger partial charge in [-0.25, -0.2) is 12.8 Å². The molecule has 1 saturated carbocycles. The van der Waals surface area contributed by atoms with Gasteiger partial charge in [-0.05, 0) is 104 Å². The molecule has 2 heterocycles. The summed E-state index contributed by atoms with van der Waals surface area (Å²) in [6.45, 7) is 4.54. The molecular weight excluding hydrogens is 529 g/mol. The fraction of sp³-hybridized carbons (Fsp3) is 0.355. The molecule has 3 aromatic rings. The van der Waals surface area contributed by atoms with Crippen molar-refractivity contribution < 1.29 is 22.4 Å². The van der Waals surface area contributed by atoms with E-state index in [2.05, 4.69) is 5.32 Å². The highest BCUT2D eigenvalue weighted by Crippen LogP contribution is 2.59. The molecule has 7 nitrogen and oxygen atoms in total. The van der Waals surface area contributed by atoms with Crippen LogP contribution in [0.25, 0.3) is 0 Å². The second-order valence-electron chi connectivity index (χ2n) is 11.3. The molecule has 2 aliphatic heterocycles. The summed E-state index contributed by atoms with van der Waals surface area (Å²) in [5, 5.41) is 2.96. The molecule has 1 saturated heterocycles. The van der Waals surface area contributed by atoms with Crippen LogP contribution in [-0.4, -0.2) is 44.3 Å². The van der Waals surface area contributed by atoms with Crippen LogP contribution in [0.5, 0.6) is 0 Å². The van der Waals surface area contributed by atoms with Crippen LogP contribution in [0.15, 0.2) is 71.6 Å². The van der Waals surface area contributed by atoms with E-state index in [4.69, 9.17) is 0 Å². The molecule has 1 spiro atoms. The first-order valence-corrected chi connectivity index (χ1v) is 15.1. The standard InChI is InChI=1S/C31H32FN3O4S/c1-20-4-3-5-25(18-20)33-30(37)23-8-13-28-27(19-23)31(14-16-34(17-15-31)21(2)36)29(22-6-7-22)35(28)40(38,39)26-11-9-24(32)10-12-26/h3-5,8-13,18-19,22,29H,6-7,14-17H2,1-2H3,(H,33,37). The number of hydrogen-bond acceptors (Lipinski definition) is 4. The number of nitrogens with zero attached hydrogens (tertiary/aromatic N) is 2. The van der Waals surface area contributed by atoms with Gasteiger partial charge >= 0.3 is 0 Å². The Balaban J connectivity index is 1.46. The maximum absolute atomic E-state index is 14.2. The van der Waals surface area contributed by atoms with Crippen molar-refractivity contribution in [3.63, 3.8) is 0 Å². The van der Waals surface area contributed by atoms with Gasteiger partial charge in [0.2, 0.25) is 5.91 Å². The average Bonchev–Trinajstić information content (AvgIpc) is 3.73. The predicted octanol–water partition coefficient (Wildman–Crippen LogP) is 5.25. The van der Waals surface area contributed by atoms with E-state index in [-0.39, 0.29) is 28.7 Å². The fourth-order valence-electron chi connectivity index (χ4n) is 6.57. The number of amides is 2. The summed E-state index contributed by atoms with van der Waals surface area (Å²) in [5.41, 5.74) is 3.00. The Morgan fingerprint density at radius 2 is 1.68 bits per heavy atom. The number of anilines is 2. The molecule has 2 fully saturated rings. The SMILES string of the molecule is CC(=O)N1CCC2(CC1)c1cc(C(=O)Nc3cccc(C)c3)ccc1N(S(=O)(=O)c1ccc(F)cc1)C2C1CC1. The van der Waals surface area contributed by atoms with Crippen LogP contribution in [-0.2, 0) is 20.2 Å². The van der Waals surface area contributed by atoms with Crippen molar-refractivity contribution in [2.45, 2.75) is 55.9 Å². The molecular formula is C31H32FN3O4S. The second kappa shape index (κ2) is 9.73. The van der Waals surface area contributed by atoms with Crippen molar-refractivity contribution >= 4 is 33.2 Å². The van der Waals surface area contributed by atoms with Crippen LogP contribution in [0.3, 0.4) is 0 Å². The normalized spacial score (nSPS) is 19.9. The topological polar surface area (TPSA) is 86.8 Å². The number of sulfonamides is 1. The third-order valence-electron chi connectivity index (χ3n) is 8.67. The van der Waals surface area contributed by atoms with Gasteiger partial charge in [0, 0.05) is 36.7 Å². The van der Waals surface area contributed by atoms with E-state index in [1.165, 1.54) is 12.1 Å². The fourth-order valence-corrected chi connectivity index (χ4v) is 8.37. The Kier molecular flexibility index (Phi) is 6.45. The van der Waals surface area contributed by atoms with E-state index in [0.717, 1.165) is 36.1 Å². The first kappa shape index (κ1) is 26.5. The summed E-state index contributed by atoms with van der Waals surface area (Å²) in [5.74, 6) is -0.612. The number of carbonyl (C=O) groups excluding carboxylic acids is 2. The van der Waals surface area contributed by atoms with Gasteiger partial charge < -0.3 is 10.2 Å². The zero-order chi connectivity index (χ0) is 28.2. The second-order valence-corrected chi connectivity index (χ2v) is 13.1. The van der Waals surface area contributed by atoms with E-state index < -0.39 is 21.3 Å². The molecule has 2 amide bonds. The Hall–Kier alpha value is -3.72. The van der Waals surface area contributed by atoms with Crippen LogP contribution >= 0.6 is 0 Å². The minimum Gasteiger partial charge on any atom is -0.343 e. The summed E-state index contributed by atoms with van der Waals surface area (Å²) < 4.78 is 43.7. The van der Waals surface area contributed by atoms with E-state index in [0.29, 0.717) is 42.9 Å². The van der Waals surface area contributed by atoms with Gasteiger partial charge in [0.25, 0.3) is 15.9 Å². The van der Waals surface area contributed by atoms with E-state index in [1.807, 2.05) is 37.3 Å². The zero-order valence-electron chi connectivity index (χ0n) is 22.6. The van der Waals surface area contributed by atoms with Crippen molar-refractivity contribution in [1.29, 1.82) is 0 Å². The number of piperidine rings is 1. The highest BCUT2D eigenvalue weighted by atomic mass is 32.2. The summed E-state index contributed by atoms with van der Waals surface area (Å²) in [4.78, 5) is 27.4. The molecule has 1 N–H and O–H groups in total. The van der Waals surface area contributed by atoms with Gasteiger partial charge in [0.1, 0.15) is 5.82 Å². The first-order chi connectivity index (χ1) is 19.1. The molecule has 3 aliphatic rings. The quantitative estimate of drug-likeness (QED) is 0.461. The molecule has 40 heavy (non-hydrogen) atoms. The number of carbonyl (C=O) groups is 2. The molecule has 1 unspecified atom stereocenters. The number of likely N-dealkylation sites (tertiary alicyclic amines) is 1. The highest BCUT2D eigenvalue weighted by molar-refractivity contribution is 7.92. The summed E-state index contributed by atoms with van der Waals surface area (Å²) in [7, 11) is -4.03. The van der Waals surface area contributed by atoms with Gasteiger partial charge in [0.05, 0.1) is 16.6 Å². The van der Waals surface area contributed by atoms with Crippen LogP contribution in [0.4, 0.5) is 15.8 Å². The smallest absolute Gasteiger partial charge is 0.264 e. The summed E-state index contributed by atoms with van der Waals surface area (Å²) >= 11 is 0. The van der Waals surface area contributed by atoms with Crippen LogP contribution in [0.2, 0.25) is 0 Å². The molecule has 0 bridgehead atoms. The lowest BCUT2D eigenvalue weighted by molar-refractivity contribution is -0.130. The number of hydrogen-bond donors (Lipinski definition) is 1. The number of benzene rings is 3. The third-order valence-corrected chi connectivity index (χ3v) is 10.5. The molecule has 0 radical (unpaired) electrons. The third kappa shape index (κ3) is 4.46. The van der Waals surface area contributed by atoms with Gasteiger partial charge in [-0.3, -0.25) is 13.9 Å². The van der Waals surface area contributed by atoms with Gasteiger partial charge in [-0.1, -0.05) is 12.1 Å². The predicted molar refractivity (Wildman–Crippen MR) is 151 cm³/mol. The van der Waals surface area contributed by atoms with E-state index >= 15 is 0 Å². The van der Waals surface area contributed by atoms with Crippen molar-refractivity contribution in [3.8, 4) is 0 Å². The first-order valence-electron chi connectivity index (χ1n) is 13.7. The van der Waals surface area contributed by atoms with Crippen molar-refractivity contribution in [1.82, 2.24) is 4.90 Å². The lowest BCUT2D eigenvalue weighted by Gasteiger charge is -2.45. The summed E-state index contributed by atoms with van der Waals surface area (Å²) in [6, 6.07) is 17.4. The summed E-state index contributed by atoms with van der Waals surface area (Å²) in [6.07, 6.45) is 3.01. The lowest BCUT2D eigenvalue weighted by atomic mass is 9.68. The minimum atomic E-state index is -4.03. The maximum Gasteiger partial charge on any atom is 0.264 e. The molecule has 3 aromatic carbocycles. The molecule has 208 valence electrons. The minimum absolute atomic E-state index is 0.00175. The van der Waals surface area contributed by atoms with Gasteiger partial charge in [0.15, 0.2) is 0 Å². The number of fused-ring (bicyclic) bond motifs is 2. The number of rotatable bonds is 5. The zero-order valence-corrected chi connectivity index (χ0v) is 23.4. The van der Waals surface area contributed by atoms with Gasteiger partial charge in [-0.2, -0.15) is 0 Å². The molecule has 6 rings (SSSR count).